The van der Waals surface area contributed by atoms with Crippen molar-refractivity contribution < 1.29 is 0 Å². The highest BCUT2D eigenvalue weighted by Crippen LogP contribution is 2.15. The molecule has 0 radical (unpaired) electrons. The zero-order valence-electron chi connectivity index (χ0n) is 7.07. The molecule has 1 rings (SSSR count). The lowest BCUT2D eigenvalue weighted by Crippen LogP contribution is -1.89. The number of allylic oxidation sites excluding steroid dienone is 2. The SMILES string of the molecule is C/C=C/C(C#N)c1ccccc1. The van der Waals surface area contributed by atoms with Crippen molar-refractivity contribution in [3.05, 3.63) is 48.0 Å². The van der Waals surface area contributed by atoms with E-state index in [-0.39, 0.29) is 5.92 Å². The normalized spacial score (nSPS) is 12.7. The number of benzene rings is 1. The minimum Gasteiger partial charge on any atom is -0.197 e. The maximum atomic E-state index is 8.81. The third-order valence-corrected chi connectivity index (χ3v) is 1.68. The minimum atomic E-state index is -0.101. The van der Waals surface area contributed by atoms with Crippen molar-refractivity contribution in [1.82, 2.24) is 0 Å². The van der Waals surface area contributed by atoms with Crippen LogP contribution in [0.25, 0.3) is 0 Å². The average molecular weight is 157 g/mol. The van der Waals surface area contributed by atoms with Crippen LogP contribution in [0.1, 0.15) is 18.4 Å². The van der Waals surface area contributed by atoms with Crippen LogP contribution in [0.2, 0.25) is 0 Å². The van der Waals surface area contributed by atoms with E-state index in [1.165, 1.54) is 0 Å². The van der Waals surface area contributed by atoms with Crippen molar-refractivity contribution >= 4 is 0 Å². The molecule has 0 saturated heterocycles. The zero-order chi connectivity index (χ0) is 8.81. The smallest absolute Gasteiger partial charge is 0.0893 e. The van der Waals surface area contributed by atoms with E-state index in [0.29, 0.717) is 0 Å². The van der Waals surface area contributed by atoms with Gasteiger partial charge in [-0.2, -0.15) is 5.26 Å². The Hall–Kier alpha value is -1.55. The van der Waals surface area contributed by atoms with Gasteiger partial charge in [-0.25, -0.2) is 0 Å². The number of nitrogens with zero attached hydrogens (tertiary/aromatic N) is 1. The second-order valence-electron chi connectivity index (χ2n) is 2.54. The highest BCUT2D eigenvalue weighted by atomic mass is 14.3. The van der Waals surface area contributed by atoms with Gasteiger partial charge in [-0.1, -0.05) is 42.5 Å². The second-order valence-corrected chi connectivity index (χ2v) is 2.54. The molecule has 60 valence electrons. The summed E-state index contributed by atoms with van der Waals surface area (Å²) < 4.78 is 0. The van der Waals surface area contributed by atoms with Crippen molar-refractivity contribution in [2.75, 3.05) is 0 Å². The molecule has 0 amide bonds. The molecule has 1 atom stereocenters. The van der Waals surface area contributed by atoms with E-state index in [4.69, 9.17) is 5.26 Å². The summed E-state index contributed by atoms with van der Waals surface area (Å²) in [6.45, 7) is 1.92. The highest BCUT2D eigenvalue weighted by Gasteiger charge is 2.03. The van der Waals surface area contributed by atoms with Gasteiger partial charge in [0.05, 0.1) is 12.0 Å². The van der Waals surface area contributed by atoms with Crippen molar-refractivity contribution in [1.29, 1.82) is 5.26 Å². The van der Waals surface area contributed by atoms with Gasteiger partial charge >= 0.3 is 0 Å². The minimum absolute atomic E-state index is 0.101. The Morgan fingerprint density at radius 1 is 1.33 bits per heavy atom. The second kappa shape index (κ2) is 4.35. The largest absolute Gasteiger partial charge is 0.197 e. The third-order valence-electron chi connectivity index (χ3n) is 1.68. The Balaban J connectivity index is 2.90. The standard InChI is InChI=1S/C11H11N/c1-2-6-11(9-12)10-7-4-3-5-8-10/h2-8,11H,1H3/b6-2+. The molecule has 0 aliphatic rings. The first-order valence-corrected chi connectivity index (χ1v) is 3.96. The van der Waals surface area contributed by atoms with Crippen molar-refractivity contribution in [2.45, 2.75) is 12.8 Å². The molecule has 12 heavy (non-hydrogen) atoms. The van der Waals surface area contributed by atoms with E-state index in [1.807, 2.05) is 49.4 Å². The summed E-state index contributed by atoms with van der Waals surface area (Å²) in [6.07, 6.45) is 3.80. The average Bonchev–Trinajstić information content (AvgIpc) is 2.15. The van der Waals surface area contributed by atoms with Crippen LogP contribution in [-0.2, 0) is 0 Å². The topological polar surface area (TPSA) is 23.8 Å². The first-order valence-electron chi connectivity index (χ1n) is 3.96. The summed E-state index contributed by atoms with van der Waals surface area (Å²) in [4.78, 5) is 0. The zero-order valence-corrected chi connectivity index (χ0v) is 7.07. The van der Waals surface area contributed by atoms with Crippen molar-refractivity contribution in [3.63, 3.8) is 0 Å². The van der Waals surface area contributed by atoms with Gasteiger partial charge in [0.15, 0.2) is 0 Å². The fraction of sp³-hybridized carbons (Fsp3) is 0.182. The molecule has 0 aliphatic heterocycles. The Labute approximate surface area is 73.0 Å². The maximum absolute atomic E-state index is 8.81. The monoisotopic (exact) mass is 157 g/mol. The predicted octanol–water partition coefficient (Wildman–Crippen LogP) is 2.87. The molecule has 0 aromatic heterocycles. The Kier molecular flexibility index (Phi) is 3.10. The quantitative estimate of drug-likeness (QED) is 0.605. The lowest BCUT2D eigenvalue weighted by atomic mass is 10.0. The number of rotatable bonds is 2. The summed E-state index contributed by atoms with van der Waals surface area (Å²) in [7, 11) is 0. The summed E-state index contributed by atoms with van der Waals surface area (Å²) in [5.74, 6) is -0.101. The van der Waals surface area contributed by atoms with E-state index in [9.17, 15) is 0 Å². The molecule has 1 nitrogen and oxygen atoms in total. The molecular weight excluding hydrogens is 146 g/mol. The molecule has 0 spiro atoms. The fourth-order valence-corrected chi connectivity index (χ4v) is 1.08. The van der Waals surface area contributed by atoms with Crippen LogP contribution < -0.4 is 0 Å². The van der Waals surface area contributed by atoms with Gasteiger partial charge < -0.3 is 0 Å². The van der Waals surface area contributed by atoms with Crippen molar-refractivity contribution in [3.8, 4) is 6.07 Å². The van der Waals surface area contributed by atoms with Crippen LogP contribution in [-0.4, -0.2) is 0 Å². The van der Waals surface area contributed by atoms with Gasteiger partial charge in [-0.15, -0.1) is 0 Å². The van der Waals surface area contributed by atoms with Gasteiger partial charge in [-0.05, 0) is 12.5 Å². The molecule has 1 aromatic rings. The highest BCUT2D eigenvalue weighted by molar-refractivity contribution is 5.29. The molecular formula is C11H11N. The van der Waals surface area contributed by atoms with E-state index in [1.54, 1.807) is 0 Å². The molecule has 0 saturated carbocycles. The van der Waals surface area contributed by atoms with Crippen LogP contribution >= 0.6 is 0 Å². The Morgan fingerprint density at radius 3 is 2.50 bits per heavy atom. The first-order chi connectivity index (χ1) is 5.88. The molecule has 1 unspecified atom stereocenters. The number of nitriles is 1. The lowest BCUT2D eigenvalue weighted by molar-refractivity contribution is 1.09. The molecule has 0 bridgehead atoms. The fourth-order valence-electron chi connectivity index (χ4n) is 1.08. The van der Waals surface area contributed by atoms with Crippen molar-refractivity contribution in [2.24, 2.45) is 0 Å². The van der Waals surface area contributed by atoms with Crippen LogP contribution in [0.3, 0.4) is 0 Å². The Morgan fingerprint density at radius 2 is 2.00 bits per heavy atom. The van der Waals surface area contributed by atoms with Gasteiger partial charge in [0.2, 0.25) is 0 Å². The predicted molar refractivity (Wildman–Crippen MR) is 49.6 cm³/mol. The van der Waals surface area contributed by atoms with Gasteiger partial charge in [0.1, 0.15) is 0 Å². The number of hydrogen-bond acceptors (Lipinski definition) is 1. The Bertz CT molecular complexity index is 293. The van der Waals surface area contributed by atoms with Gasteiger partial charge in [-0.3, -0.25) is 0 Å². The van der Waals surface area contributed by atoms with Crippen LogP contribution in [0.15, 0.2) is 42.5 Å². The van der Waals surface area contributed by atoms with E-state index in [2.05, 4.69) is 6.07 Å². The van der Waals surface area contributed by atoms with Crippen LogP contribution in [0.4, 0.5) is 0 Å². The number of hydrogen-bond donors (Lipinski definition) is 0. The van der Waals surface area contributed by atoms with E-state index in [0.717, 1.165) is 5.56 Å². The van der Waals surface area contributed by atoms with Gasteiger partial charge in [0.25, 0.3) is 0 Å². The van der Waals surface area contributed by atoms with Crippen LogP contribution in [0, 0.1) is 11.3 Å². The molecule has 0 fully saturated rings. The summed E-state index contributed by atoms with van der Waals surface area (Å²) in [5, 5.41) is 8.81. The molecule has 1 heteroatoms. The summed E-state index contributed by atoms with van der Waals surface area (Å²) in [5.41, 5.74) is 1.05. The third kappa shape index (κ3) is 1.96. The molecule has 0 N–H and O–H groups in total. The summed E-state index contributed by atoms with van der Waals surface area (Å²) >= 11 is 0. The lowest BCUT2D eigenvalue weighted by Gasteiger charge is -2.01. The summed E-state index contributed by atoms with van der Waals surface area (Å²) in [6, 6.07) is 12.0. The van der Waals surface area contributed by atoms with Crippen LogP contribution in [0.5, 0.6) is 0 Å². The van der Waals surface area contributed by atoms with E-state index < -0.39 is 0 Å². The molecule has 0 aliphatic carbocycles. The molecule has 1 aromatic carbocycles. The molecule has 0 heterocycles. The first kappa shape index (κ1) is 8.55. The van der Waals surface area contributed by atoms with Gasteiger partial charge in [0, 0.05) is 0 Å². The maximum Gasteiger partial charge on any atom is 0.0893 e. The van der Waals surface area contributed by atoms with E-state index >= 15 is 0 Å².